The van der Waals surface area contributed by atoms with Crippen LogP contribution in [0.15, 0.2) is 30.3 Å². The molecule has 1 aliphatic carbocycles. The number of benzene rings is 1. The van der Waals surface area contributed by atoms with Gasteiger partial charge in [0.15, 0.2) is 0 Å². The number of nitrogens with one attached hydrogen (secondary N) is 1. The van der Waals surface area contributed by atoms with Crippen molar-refractivity contribution in [2.24, 2.45) is 5.92 Å². The number of hydrogen-bond donors (Lipinski definition) is 2. The van der Waals surface area contributed by atoms with E-state index in [4.69, 9.17) is 4.74 Å². The van der Waals surface area contributed by atoms with Crippen molar-refractivity contribution in [2.45, 2.75) is 31.9 Å². The normalized spacial score (nSPS) is 17.8. The van der Waals surface area contributed by atoms with Gasteiger partial charge in [-0.2, -0.15) is 0 Å². The fraction of sp³-hybridized carbons (Fsp3) is 0.533. The number of aliphatic hydroxyl groups excluding tert-OH is 1. The lowest BCUT2D eigenvalue weighted by Crippen LogP contribution is -2.36. The van der Waals surface area contributed by atoms with Gasteiger partial charge in [0.2, 0.25) is 0 Å². The molecule has 0 radical (unpaired) electrons. The van der Waals surface area contributed by atoms with Crippen LogP contribution in [0.3, 0.4) is 0 Å². The third-order valence-electron chi connectivity index (χ3n) is 3.35. The van der Waals surface area contributed by atoms with E-state index in [0.717, 1.165) is 18.4 Å². The predicted octanol–water partition coefficient (Wildman–Crippen LogP) is 1.65. The molecule has 1 saturated carbocycles. The number of aliphatic hydroxyl groups is 1. The third kappa shape index (κ3) is 4.04. The summed E-state index contributed by atoms with van der Waals surface area (Å²) in [5, 5.41) is 13.0. The molecule has 0 saturated heterocycles. The van der Waals surface area contributed by atoms with E-state index in [1.165, 1.54) is 0 Å². The summed E-state index contributed by atoms with van der Waals surface area (Å²) in [6.07, 6.45) is 1.79. The predicted molar refractivity (Wildman–Crippen MR) is 72.5 cm³/mol. The van der Waals surface area contributed by atoms with E-state index in [-0.39, 0.29) is 12.1 Å². The van der Waals surface area contributed by atoms with E-state index < -0.39 is 6.04 Å². The van der Waals surface area contributed by atoms with Crippen LogP contribution in [0.4, 0.5) is 0 Å². The molecule has 0 amide bonds. The SMILES string of the molecule is CCOC(=O)C(NCC(O)C1CC1)c1ccccc1. The fourth-order valence-electron chi connectivity index (χ4n) is 2.09. The molecule has 0 heterocycles. The molecule has 0 spiro atoms. The molecule has 0 aromatic heterocycles. The number of esters is 1. The lowest BCUT2D eigenvalue weighted by Gasteiger charge is -2.19. The number of carbonyl (C=O) groups excluding carboxylic acids is 1. The third-order valence-corrected chi connectivity index (χ3v) is 3.35. The maximum atomic E-state index is 12.0. The Hall–Kier alpha value is -1.39. The van der Waals surface area contributed by atoms with E-state index in [0.29, 0.717) is 19.1 Å². The smallest absolute Gasteiger partial charge is 0.327 e. The summed E-state index contributed by atoms with van der Waals surface area (Å²) in [5.74, 6) is 0.0998. The molecular weight excluding hydrogens is 242 g/mol. The second-order valence-corrected chi connectivity index (χ2v) is 4.91. The maximum Gasteiger partial charge on any atom is 0.327 e. The first-order valence-corrected chi connectivity index (χ1v) is 6.85. The van der Waals surface area contributed by atoms with E-state index in [2.05, 4.69) is 5.32 Å². The summed E-state index contributed by atoms with van der Waals surface area (Å²) in [6.45, 7) is 2.57. The van der Waals surface area contributed by atoms with Crippen molar-refractivity contribution >= 4 is 5.97 Å². The first-order chi connectivity index (χ1) is 9.22. The molecule has 1 aromatic carbocycles. The van der Waals surface area contributed by atoms with Gasteiger partial charge >= 0.3 is 5.97 Å². The Labute approximate surface area is 113 Å². The quantitative estimate of drug-likeness (QED) is 0.734. The minimum atomic E-state index is -0.505. The Balaban J connectivity index is 1.99. The van der Waals surface area contributed by atoms with Crippen LogP contribution in [0.5, 0.6) is 0 Å². The van der Waals surface area contributed by atoms with Gasteiger partial charge in [0.25, 0.3) is 0 Å². The fourth-order valence-corrected chi connectivity index (χ4v) is 2.09. The molecule has 2 rings (SSSR count). The van der Waals surface area contributed by atoms with Gasteiger partial charge in [-0.15, -0.1) is 0 Å². The molecule has 104 valence electrons. The Morgan fingerprint density at radius 1 is 1.42 bits per heavy atom. The van der Waals surface area contributed by atoms with Crippen LogP contribution < -0.4 is 5.32 Å². The zero-order chi connectivity index (χ0) is 13.7. The Morgan fingerprint density at radius 3 is 2.68 bits per heavy atom. The van der Waals surface area contributed by atoms with Crippen molar-refractivity contribution in [2.75, 3.05) is 13.2 Å². The van der Waals surface area contributed by atoms with Gasteiger partial charge < -0.3 is 9.84 Å². The lowest BCUT2D eigenvalue weighted by molar-refractivity contribution is -0.146. The zero-order valence-electron chi connectivity index (χ0n) is 11.2. The molecule has 4 heteroatoms. The number of hydrogen-bond acceptors (Lipinski definition) is 4. The standard InChI is InChI=1S/C15H21NO3/c1-2-19-15(18)14(12-6-4-3-5-7-12)16-10-13(17)11-8-9-11/h3-7,11,13-14,16-17H,2,8-10H2,1H3. The van der Waals surface area contributed by atoms with Crippen molar-refractivity contribution in [3.8, 4) is 0 Å². The highest BCUT2D eigenvalue weighted by Crippen LogP contribution is 2.32. The molecule has 1 aromatic rings. The second kappa shape index (κ2) is 6.68. The van der Waals surface area contributed by atoms with Crippen LogP contribution in [0, 0.1) is 5.92 Å². The Bertz CT molecular complexity index is 403. The number of carbonyl (C=O) groups is 1. The molecule has 4 nitrogen and oxygen atoms in total. The highest BCUT2D eigenvalue weighted by Gasteiger charge is 2.31. The summed E-state index contributed by atoms with van der Waals surface area (Å²) in [5.41, 5.74) is 0.865. The van der Waals surface area contributed by atoms with Crippen LogP contribution in [0.2, 0.25) is 0 Å². The maximum absolute atomic E-state index is 12.0. The second-order valence-electron chi connectivity index (χ2n) is 4.91. The van der Waals surface area contributed by atoms with Gasteiger partial charge in [-0.25, -0.2) is 4.79 Å². The summed E-state index contributed by atoms with van der Waals surface area (Å²) in [4.78, 5) is 12.0. The molecular formula is C15H21NO3. The van der Waals surface area contributed by atoms with Gasteiger partial charge in [0.1, 0.15) is 6.04 Å². The van der Waals surface area contributed by atoms with E-state index in [1.54, 1.807) is 6.92 Å². The van der Waals surface area contributed by atoms with Crippen LogP contribution in [0.1, 0.15) is 31.4 Å². The van der Waals surface area contributed by atoms with E-state index in [1.807, 2.05) is 30.3 Å². The summed E-state index contributed by atoms with van der Waals surface area (Å²) < 4.78 is 5.08. The van der Waals surface area contributed by atoms with Gasteiger partial charge in [-0.1, -0.05) is 30.3 Å². The molecule has 1 fully saturated rings. The number of ether oxygens (including phenoxy) is 1. The van der Waals surface area contributed by atoms with Crippen LogP contribution in [-0.2, 0) is 9.53 Å². The van der Waals surface area contributed by atoms with Gasteiger partial charge in [0, 0.05) is 6.54 Å². The van der Waals surface area contributed by atoms with E-state index >= 15 is 0 Å². The summed E-state index contributed by atoms with van der Waals surface area (Å²) in [7, 11) is 0. The molecule has 2 atom stereocenters. The highest BCUT2D eigenvalue weighted by atomic mass is 16.5. The molecule has 2 unspecified atom stereocenters. The first-order valence-electron chi connectivity index (χ1n) is 6.85. The number of rotatable bonds is 7. The molecule has 19 heavy (non-hydrogen) atoms. The summed E-state index contributed by atoms with van der Waals surface area (Å²) >= 11 is 0. The van der Waals surface area contributed by atoms with Gasteiger partial charge in [0.05, 0.1) is 12.7 Å². The topological polar surface area (TPSA) is 58.6 Å². The first kappa shape index (κ1) is 14.0. The van der Waals surface area contributed by atoms with Crippen molar-refractivity contribution in [3.63, 3.8) is 0 Å². The van der Waals surface area contributed by atoms with Crippen molar-refractivity contribution in [1.29, 1.82) is 0 Å². The van der Waals surface area contributed by atoms with Gasteiger partial charge in [-0.05, 0) is 31.2 Å². The largest absolute Gasteiger partial charge is 0.465 e. The average molecular weight is 263 g/mol. The molecule has 2 N–H and O–H groups in total. The summed E-state index contributed by atoms with van der Waals surface area (Å²) in [6, 6.07) is 8.96. The van der Waals surface area contributed by atoms with Crippen molar-refractivity contribution in [1.82, 2.24) is 5.32 Å². The Kier molecular flexibility index (Phi) is 4.93. The molecule has 0 aliphatic heterocycles. The monoisotopic (exact) mass is 263 g/mol. The van der Waals surface area contributed by atoms with Crippen LogP contribution in [-0.4, -0.2) is 30.3 Å². The lowest BCUT2D eigenvalue weighted by atomic mass is 10.1. The average Bonchev–Trinajstić information content (AvgIpc) is 3.24. The van der Waals surface area contributed by atoms with Crippen molar-refractivity contribution < 1.29 is 14.6 Å². The van der Waals surface area contributed by atoms with Crippen LogP contribution >= 0.6 is 0 Å². The highest BCUT2D eigenvalue weighted by molar-refractivity contribution is 5.77. The van der Waals surface area contributed by atoms with Gasteiger partial charge in [-0.3, -0.25) is 5.32 Å². The van der Waals surface area contributed by atoms with Crippen molar-refractivity contribution in [3.05, 3.63) is 35.9 Å². The minimum Gasteiger partial charge on any atom is -0.465 e. The van der Waals surface area contributed by atoms with E-state index in [9.17, 15) is 9.90 Å². The molecule has 0 bridgehead atoms. The van der Waals surface area contributed by atoms with Crippen LogP contribution in [0.25, 0.3) is 0 Å². The Morgan fingerprint density at radius 2 is 2.11 bits per heavy atom. The minimum absolute atomic E-state index is 0.295. The molecule has 1 aliphatic rings. The zero-order valence-corrected chi connectivity index (χ0v) is 11.2.